The van der Waals surface area contributed by atoms with Crippen molar-refractivity contribution in [2.75, 3.05) is 31.1 Å². The fourth-order valence-corrected chi connectivity index (χ4v) is 6.46. The summed E-state index contributed by atoms with van der Waals surface area (Å²) in [6.07, 6.45) is 2.39. The van der Waals surface area contributed by atoms with Gasteiger partial charge in [-0.3, -0.25) is 9.59 Å². The van der Waals surface area contributed by atoms with Crippen LogP contribution in [0.15, 0.2) is 28.3 Å². The summed E-state index contributed by atoms with van der Waals surface area (Å²) in [7, 11) is 0. The Balaban J connectivity index is 1.32. The van der Waals surface area contributed by atoms with Crippen molar-refractivity contribution in [1.82, 2.24) is 9.47 Å². The van der Waals surface area contributed by atoms with Crippen LogP contribution < -0.4 is 16.1 Å². The molecule has 3 fully saturated rings. The van der Waals surface area contributed by atoms with Gasteiger partial charge in [-0.05, 0) is 51.1 Å². The lowest BCUT2D eigenvalue weighted by Gasteiger charge is -2.44. The van der Waals surface area contributed by atoms with Gasteiger partial charge in [-0.15, -0.1) is 0 Å². The van der Waals surface area contributed by atoms with E-state index >= 15 is 8.78 Å². The summed E-state index contributed by atoms with van der Waals surface area (Å²) < 4.78 is 38.1. The molecule has 0 radical (unpaired) electrons. The number of nitrogens with zero attached hydrogens (tertiary/aromatic N) is 3. The number of carbonyl (C=O) groups excluding carboxylic acids is 2. The highest BCUT2D eigenvalue weighted by Crippen LogP contribution is 2.44. The Kier molecular flexibility index (Phi) is 6.61. The molecule has 2 aromatic rings. The van der Waals surface area contributed by atoms with Gasteiger partial charge < -0.3 is 35.1 Å². The van der Waals surface area contributed by atoms with Crippen LogP contribution in [0.4, 0.5) is 14.5 Å². The van der Waals surface area contributed by atoms with Gasteiger partial charge in [0, 0.05) is 30.9 Å². The summed E-state index contributed by atoms with van der Waals surface area (Å²) >= 11 is 0. The van der Waals surface area contributed by atoms with Crippen molar-refractivity contribution in [2.45, 2.75) is 50.8 Å². The fraction of sp³-hybridized carbons (Fsp3) is 0.500. The monoisotopic (exact) mass is 572 g/mol. The van der Waals surface area contributed by atoms with Crippen LogP contribution >= 0.6 is 0 Å². The van der Waals surface area contributed by atoms with E-state index in [1.54, 1.807) is 4.90 Å². The first-order valence-electron chi connectivity index (χ1n) is 13.7. The first-order valence-corrected chi connectivity index (χ1v) is 13.7. The second kappa shape index (κ2) is 9.91. The highest BCUT2D eigenvalue weighted by molar-refractivity contribution is 6.00. The number of benzene rings is 1. The van der Waals surface area contributed by atoms with Crippen molar-refractivity contribution in [3.8, 4) is 0 Å². The van der Waals surface area contributed by atoms with Crippen molar-refractivity contribution in [3.05, 3.63) is 51.0 Å². The molecule has 41 heavy (non-hydrogen) atoms. The number of pyridine rings is 1. The number of carbonyl (C=O) groups is 3. The summed E-state index contributed by atoms with van der Waals surface area (Å²) in [6, 6.07) is 0.206. The second-order valence-electron chi connectivity index (χ2n) is 11.3. The standard InChI is InChI=1S/C28H30F2N4O7/c1-12(35)20-19-6-14(22(27(38)39)34(19)26(20)37)11-41-28(40)17-10-33(15-2-3-15)23-16(25(17)36)7-18(29)24(21(23)30)32-5-4-13(8-31)9-32/h7,10,12-13,15,19-20,35H,2-6,8-9,11,31H2,1H3,(H,38,39)/t12-,13?,19-,20+/m1/s1. The molecule has 13 heteroatoms. The van der Waals surface area contributed by atoms with E-state index in [9.17, 15) is 29.4 Å². The van der Waals surface area contributed by atoms with E-state index in [0.717, 1.165) is 11.0 Å². The topological polar surface area (TPSA) is 155 Å². The third kappa shape index (κ3) is 4.29. The summed E-state index contributed by atoms with van der Waals surface area (Å²) in [5, 5.41) is 19.3. The van der Waals surface area contributed by atoms with Gasteiger partial charge in [0.05, 0.1) is 29.0 Å². The molecule has 11 nitrogen and oxygen atoms in total. The second-order valence-corrected chi connectivity index (χ2v) is 11.3. The molecule has 6 rings (SSSR count). The number of carboxylic acid groups (broad SMARTS) is 1. The Morgan fingerprint density at radius 2 is 1.95 bits per heavy atom. The minimum absolute atomic E-state index is 0.0830. The molecule has 4 N–H and O–H groups in total. The molecule has 1 saturated carbocycles. The third-order valence-electron chi connectivity index (χ3n) is 8.68. The number of ether oxygens (including phenoxy) is 1. The molecule has 1 aromatic heterocycles. The summed E-state index contributed by atoms with van der Waals surface area (Å²) in [6.45, 7) is 2.15. The van der Waals surface area contributed by atoms with E-state index in [4.69, 9.17) is 10.5 Å². The number of aromatic nitrogens is 1. The first kappa shape index (κ1) is 27.3. The van der Waals surface area contributed by atoms with E-state index in [1.807, 2.05) is 0 Å². The summed E-state index contributed by atoms with van der Waals surface area (Å²) in [4.78, 5) is 53.5. The zero-order valence-corrected chi connectivity index (χ0v) is 22.3. The van der Waals surface area contributed by atoms with E-state index < -0.39 is 65.1 Å². The number of halogens is 2. The van der Waals surface area contributed by atoms with Crippen LogP contribution in [0.25, 0.3) is 10.9 Å². The Morgan fingerprint density at radius 1 is 1.22 bits per heavy atom. The minimum Gasteiger partial charge on any atom is -0.477 e. The number of aliphatic hydroxyl groups is 1. The van der Waals surface area contributed by atoms with Gasteiger partial charge in [-0.2, -0.15) is 0 Å². The van der Waals surface area contributed by atoms with Crippen LogP contribution in [-0.2, 0) is 14.3 Å². The van der Waals surface area contributed by atoms with Crippen LogP contribution in [-0.4, -0.2) is 75.9 Å². The third-order valence-corrected chi connectivity index (χ3v) is 8.68. The van der Waals surface area contributed by atoms with Crippen molar-refractivity contribution < 1.29 is 38.1 Å². The van der Waals surface area contributed by atoms with E-state index in [1.165, 1.54) is 17.7 Å². The zero-order valence-electron chi connectivity index (χ0n) is 22.3. The molecule has 1 aliphatic carbocycles. The number of esters is 1. The number of hydrogen-bond donors (Lipinski definition) is 3. The molecule has 4 heterocycles. The maximum atomic E-state index is 15.9. The van der Waals surface area contributed by atoms with Crippen molar-refractivity contribution >= 4 is 34.4 Å². The lowest BCUT2D eigenvalue weighted by Crippen LogP contribution is -2.61. The first-order chi connectivity index (χ1) is 19.5. The molecular formula is C28H30F2N4O7. The van der Waals surface area contributed by atoms with Gasteiger partial charge in [-0.1, -0.05) is 0 Å². The maximum absolute atomic E-state index is 15.9. The van der Waals surface area contributed by atoms with Gasteiger partial charge in [0.25, 0.3) is 0 Å². The highest BCUT2D eigenvalue weighted by atomic mass is 19.1. The molecule has 0 bridgehead atoms. The number of rotatable bonds is 8. The van der Waals surface area contributed by atoms with Crippen molar-refractivity contribution in [2.24, 2.45) is 17.6 Å². The Hall–Kier alpha value is -3.84. The Labute approximate surface area is 232 Å². The largest absolute Gasteiger partial charge is 0.477 e. The van der Waals surface area contributed by atoms with Gasteiger partial charge >= 0.3 is 11.9 Å². The molecule has 1 aromatic carbocycles. The number of amides is 1. The molecule has 218 valence electrons. The zero-order chi connectivity index (χ0) is 29.3. The number of β-lactam (4-membered cyclic amide) rings is 1. The van der Waals surface area contributed by atoms with Crippen LogP contribution in [0.1, 0.15) is 49.0 Å². The van der Waals surface area contributed by atoms with Crippen molar-refractivity contribution in [1.29, 1.82) is 0 Å². The average Bonchev–Trinajstić information content (AvgIpc) is 3.56. The van der Waals surface area contributed by atoms with Crippen LogP contribution in [0.5, 0.6) is 0 Å². The smallest absolute Gasteiger partial charge is 0.352 e. The molecule has 1 amide bonds. The number of hydrogen-bond acceptors (Lipinski definition) is 8. The number of carboxylic acids is 1. The summed E-state index contributed by atoms with van der Waals surface area (Å²) in [5.74, 6) is -5.43. The van der Waals surface area contributed by atoms with Crippen LogP contribution in [0, 0.1) is 23.5 Å². The quantitative estimate of drug-likeness (QED) is 0.315. The summed E-state index contributed by atoms with van der Waals surface area (Å²) in [5.41, 5.74) is 3.96. The molecule has 1 unspecified atom stereocenters. The lowest BCUT2D eigenvalue weighted by atomic mass is 9.83. The average molecular weight is 573 g/mol. The highest BCUT2D eigenvalue weighted by Gasteiger charge is 2.56. The van der Waals surface area contributed by atoms with Gasteiger partial charge in [0.1, 0.15) is 29.4 Å². The molecule has 4 aliphatic rings. The predicted octanol–water partition coefficient (Wildman–Crippen LogP) is 1.51. The van der Waals surface area contributed by atoms with Gasteiger partial charge in [0.2, 0.25) is 11.3 Å². The predicted molar refractivity (Wildman–Crippen MR) is 141 cm³/mol. The van der Waals surface area contributed by atoms with Crippen LogP contribution in [0.2, 0.25) is 0 Å². The number of aliphatic carboxylic acids is 1. The van der Waals surface area contributed by atoms with Gasteiger partial charge in [-0.25, -0.2) is 18.4 Å². The Morgan fingerprint density at radius 3 is 2.56 bits per heavy atom. The maximum Gasteiger partial charge on any atom is 0.352 e. The molecule has 4 atom stereocenters. The van der Waals surface area contributed by atoms with E-state index in [-0.39, 0.29) is 46.2 Å². The number of fused-ring (bicyclic) bond motifs is 2. The molecular weight excluding hydrogens is 542 g/mol. The lowest BCUT2D eigenvalue weighted by molar-refractivity contribution is -0.161. The van der Waals surface area contributed by atoms with E-state index in [0.29, 0.717) is 38.9 Å². The normalized spacial score (nSPS) is 24.6. The van der Waals surface area contributed by atoms with Gasteiger partial charge in [0.15, 0.2) is 5.82 Å². The number of anilines is 1. The van der Waals surface area contributed by atoms with Crippen LogP contribution in [0.3, 0.4) is 0 Å². The SMILES string of the molecule is C[C@@H](O)[C@@H]1C(=O)N2C(C(=O)O)=C(COC(=O)c3cn(C4CC4)c4c(F)c(N5CCC(CN)C5)c(F)cc4c3=O)C[C@H]12. The fourth-order valence-electron chi connectivity index (χ4n) is 6.46. The molecule has 3 aliphatic heterocycles. The number of nitrogens with two attached hydrogens (primary N) is 1. The Bertz CT molecular complexity index is 1580. The molecule has 2 saturated heterocycles. The number of aliphatic hydroxyl groups excluding tert-OH is 1. The van der Waals surface area contributed by atoms with E-state index in [2.05, 4.69) is 0 Å². The van der Waals surface area contributed by atoms with Crippen molar-refractivity contribution in [3.63, 3.8) is 0 Å². The molecule has 0 spiro atoms. The minimum atomic E-state index is -1.38.